The Morgan fingerprint density at radius 2 is 1.88 bits per heavy atom. The molecule has 0 N–H and O–H groups in total. The Morgan fingerprint density at radius 1 is 1.19 bits per heavy atom. The summed E-state index contributed by atoms with van der Waals surface area (Å²) < 4.78 is 18.1. The van der Waals surface area contributed by atoms with Crippen LogP contribution in [0, 0.1) is 13.8 Å². The van der Waals surface area contributed by atoms with E-state index >= 15 is 0 Å². The molecule has 26 heavy (non-hydrogen) atoms. The van der Waals surface area contributed by atoms with Gasteiger partial charge in [0.2, 0.25) is 0 Å². The number of oxime groups is 1. The largest absolute Gasteiger partial charge is 0.490 e. The first kappa shape index (κ1) is 20.3. The highest BCUT2D eigenvalue weighted by molar-refractivity contribution is 5.82. The van der Waals surface area contributed by atoms with Crippen molar-refractivity contribution >= 4 is 5.71 Å². The lowest BCUT2D eigenvalue weighted by Crippen LogP contribution is -2.30. The molecule has 144 valence electrons. The standard InChI is InChI=1S/C21H31NO4/c1-6-7-11-24-18-12-15(2)21(16(3)13-18)26-20-10-8-9-19(20)25-14-17(4)22-23-5/h6-7,12-13,19-20H,8-11,14H2,1-5H3/b7-6+,22-17+. The van der Waals surface area contributed by atoms with Crippen LogP contribution in [-0.2, 0) is 9.57 Å². The van der Waals surface area contributed by atoms with Crippen molar-refractivity contribution in [3.8, 4) is 11.5 Å². The molecule has 0 aliphatic heterocycles. The minimum absolute atomic E-state index is 0.0672. The molecule has 1 fully saturated rings. The summed E-state index contributed by atoms with van der Waals surface area (Å²) in [5.41, 5.74) is 3.00. The average molecular weight is 361 g/mol. The van der Waals surface area contributed by atoms with Gasteiger partial charge in [-0.25, -0.2) is 0 Å². The molecular formula is C21H31NO4. The maximum absolute atomic E-state index is 6.36. The van der Waals surface area contributed by atoms with Crippen molar-refractivity contribution in [2.24, 2.45) is 5.16 Å². The van der Waals surface area contributed by atoms with E-state index in [9.17, 15) is 0 Å². The van der Waals surface area contributed by atoms with Crippen molar-refractivity contribution in [3.05, 3.63) is 35.4 Å². The molecule has 1 saturated carbocycles. The minimum Gasteiger partial charge on any atom is -0.490 e. The van der Waals surface area contributed by atoms with Crippen molar-refractivity contribution in [3.63, 3.8) is 0 Å². The van der Waals surface area contributed by atoms with E-state index in [1.54, 1.807) is 7.11 Å². The molecule has 5 heteroatoms. The molecule has 1 aliphatic carbocycles. The molecule has 2 rings (SSSR count). The highest BCUT2D eigenvalue weighted by Crippen LogP contribution is 2.33. The number of aryl methyl sites for hydroxylation is 2. The van der Waals surface area contributed by atoms with Gasteiger partial charge in [-0.05, 0) is 70.2 Å². The topological polar surface area (TPSA) is 49.3 Å². The van der Waals surface area contributed by atoms with Gasteiger partial charge in [-0.1, -0.05) is 17.3 Å². The molecule has 0 saturated heterocycles. The van der Waals surface area contributed by atoms with Gasteiger partial charge in [0, 0.05) is 0 Å². The van der Waals surface area contributed by atoms with Gasteiger partial charge >= 0.3 is 0 Å². The molecule has 1 aromatic carbocycles. The fourth-order valence-electron chi connectivity index (χ4n) is 3.20. The lowest BCUT2D eigenvalue weighted by molar-refractivity contribution is 0.00848. The van der Waals surface area contributed by atoms with Crippen molar-refractivity contribution < 1.29 is 19.0 Å². The number of hydrogen-bond acceptors (Lipinski definition) is 5. The van der Waals surface area contributed by atoms with Gasteiger partial charge in [0.05, 0.1) is 18.4 Å². The van der Waals surface area contributed by atoms with Crippen LogP contribution in [0.15, 0.2) is 29.4 Å². The van der Waals surface area contributed by atoms with Crippen molar-refractivity contribution in [2.75, 3.05) is 20.3 Å². The van der Waals surface area contributed by atoms with E-state index in [1.807, 2.05) is 38.1 Å². The van der Waals surface area contributed by atoms with Crippen LogP contribution in [0.1, 0.15) is 44.2 Å². The average Bonchev–Trinajstić information content (AvgIpc) is 3.04. The Labute approximate surface area is 157 Å². The molecule has 0 bridgehead atoms. The van der Waals surface area contributed by atoms with E-state index < -0.39 is 0 Å². The first-order valence-corrected chi connectivity index (χ1v) is 9.25. The van der Waals surface area contributed by atoms with E-state index in [0.717, 1.165) is 47.6 Å². The fourth-order valence-corrected chi connectivity index (χ4v) is 3.20. The number of nitrogens with zero attached hydrogens (tertiary/aromatic N) is 1. The number of ether oxygens (including phenoxy) is 3. The van der Waals surface area contributed by atoms with Gasteiger partial charge in [-0.15, -0.1) is 0 Å². The Hall–Kier alpha value is -2.01. The molecule has 2 unspecified atom stereocenters. The van der Waals surface area contributed by atoms with Crippen LogP contribution in [0.4, 0.5) is 0 Å². The van der Waals surface area contributed by atoms with Gasteiger partial charge < -0.3 is 19.0 Å². The van der Waals surface area contributed by atoms with Crippen LogP contribution in [0.25, 0.3) is 0 Å². The summed E-state index contributed by atoms with van der Waals surface area (Å²) in [6.07, 6.45) is 7.25. The van der Waals surface area contributed by atoms with Crippen LogP contribution in [-0.4, -0.2) is 38.2 Å². The van der Waals surface area contributed by atoms with Crippen molar-refractivity contribution in [1.29, 1.82) is 0 Å². The second-order valence-electron chi connectivity index (χ2n) is 6.71. The monoisotopic (exact) mass is 361 g/mol. The third kappa shape index (κ3) is 5.77. The summed E-state index contributed by atoms with van der Waals surface area (Å²) in [6.45, 7) is 9.05. The smallest absolute Gasteiger partial charge is 0.125 e. The summed E-state index contributed by atoms with van der Waals surface area (Å²) in [5, 5.41) is 3.90. The van der Waals surface area contributed by atoms with E-state index in [-0.39, 0.29) is 12.2 Å². The first-order valence-electron chi connectivity index (χ1n) is 9.25. The maximum Gasteiger partial charge on any atom is 0.125 e. The van der Waals surface area contributed by atoms with Gasteiger partial charge in [0.15, 0.2) is 0 Å². The summed E-state index contributed by atoms with van der Waals surface area (Å²) in [6, 6.07) is 4.07. The van der Waals surface area contributed by atoms with Crippen LogP contribution in [0.3, 0.4) is 0 Å². The highest BCUT2D eigenvalue weighted by atomic mass is 16.6. The van der Waals surface area contributed by atoms with Gasteiger partial charge in [-0.3, -0.25) is 0 Å². The Morgan fingerprint density at radius 3 is 2.54 bits per heavy atom. The second-order valence-corrected chi connectivity index (χ2v) is 6.71. The molecule has 1 aliphatic rings. The Bertz CT molecular complexity index is 616. The minimum atomic E-state index is 0.0672. The second kappa shape index (κ2) is 10.2. The zero-order chi connectivity index (χ0) is 18.9. The summed E-state index contributed by atoms with van der Waals surface area (Å²) >= 11 is 0. The number of allylic oxidation sites excluding steroid dienone is 1. The Balaban J connectivity index is 2.01. The van der Waals surface area contributed by atoms with Crippen LogP contribution >= 0.6 is 0 Å². The third-order valence-electron chi connectivity index (χ3n) is 4.43. The van der Waals surface area contributed by atoms with Crippen molar-refractivity contribution in [1.82, 2.24) is 0 Å². The first-order chi connectivity index (χ1) is 12.5. The van der Waals surface area contributed by atoms with E-state index in [1.165, 1.54) is 0 Å². The molecule has 0 aromatic heterocycles. The zero-order valence-electron chi connectivity index (χ0n) is 16.6. The lowest BCUT2D eigenvalue weighted by Gasteiger charge is -2.24. The molecule has 0 amide bonds. The molecule has 0 radical (unpaired) electrons. The van der Waals surface area contributed by atoms with Crippen molar-refractivity contribution in [2.45, 2.75) is 59.2 Å². The van der Waals surface area contributed by atoms with Crippen LogP contribution in [0.5, 0.6) is 11.5 Å². The molecule has 0 heterocycles. The van der Waals surface area contributed by atoms with Gasteiger partial charge in [0.1, 0.15) is 31.3 Å². The van der Waals surface area contributed by atoms with Crippen LogP contribution in [0.2, 0.25) is 0 Å². The Kier molecular flexibility index (Phi) is 7.98. The molecule has 2 atom stereocenters. The normalized spacial score (nSPS) is 20.6. The highest BCUT2D eigenvalue weighted by Gasteiger charge is 2.30. The predicted octanol–water partition coefficient (Wildman–Crippen LogP) is 4.60. The molecule has 5 nitrogen and oxygen atoms in total. The van der Waals surface area contributed by atoms with E-state index in [2.05, 4.69) is 19.0 Å². The molecule has 0 spiro atoms. The summed E-state index contributed by atoms with van der Waals surface area (Å²) in [4.78, 5) is 4.78. The maximum atomic E-state index is 6.36. The zero-order valence-corrected chi connectivity index (χ0v) is 16.6. The number of hydrogen-bond donors (Lipinski definition) is 0. The van der Waals surface area contributed by atoms with E-state index in [0.29, 0.717) is 13.2 Å². The number of rotatable bonds is 9. The quantitative estimate of drug-likeness (QED) is 0.366. The SMILES string of the molecule is C/C=C/COc1cc(C)c(OC2CCCC2OC/C(C)=N/OC)c(C)c1. The fraction of sp³-hybridized carbons (Fsp3) is 0.571. The predicted molar refractivity (Wildman–Crippen MR) is 104 cm³/mol. The third-order valence-corrected chi connectivity index (χ3v) is 4.43. The number of benzene rings is 1. The summed E-state index contributed by atoms with van der Waals surface area (Å²) in [7, 11) is 1.54. The van der Waals surface area contributed by atoms with Gasteiger partial charge in [-0.2, -0.15) is 0 Å². The molecule has 1 aromatic rings. The van der Waals surface area contributed by atoms with E-state index in [4.69, 9.17) is 19.0 Å². The van der Waals surface area contributed by atoms with Crippen LogP contribution < -0.4 is 9.47 Å². The molecular weight excluding hydrogens is 330 g/mol. The summed E-state index contributed by atoms with van der Waals surface area (Å²) in [5.74, 6) is 1.81. The lowest BCUT2D eigenvalue weighted by atomic mass is 10.1. The van der Waals surface area contributed by atoms with Gasteiger partial charge in [0.25, 0.3) is 0 Å².